The fraction of sp³-hybridized carbons (Fsp3) is 0.143. The molecule has 0 saturated heterocycles. The van der Waals surface area contributed by atoms with Gasteiger partial charge in [-0.2, -0.15) is 9.78 Å². The normalized spacial score (nSPS) is 11.2. The van der Waals surface area contributed by atoms with E-state index in [1.807, 2.05) is 18.6 Å². The van der Waals surface area contributed by atoms with Gasteiger partial charge in [0.25, 0.3) is 5.89 Å². The SMILES string of the molecule is Cn1cc(-c2nc(Cn3nc(-c4ccco4)oc3=O)cs2)cn1. The Kier molecular flexibility index (Phi) is 3.19. The van der Waals surface area contributed by atoms with Crippen molar-refractivity contribution >= 4 is 11.3 Å². The van der Waals surface area contributed by atoms with Crippen molar-refractivity contribution in [3.05, 3.63) is 52.4 Å². The molecule has 0 radical (unpaired) electrons. The van der Waals surface area contributed by atoms with Crippen LogP contribution in [-0.2, 0) is 13.6 Å². The maximum Gasteiger partial charge on any atom is 0.437 e. The zero-order chi connectivity index (χ0) is 15.8. The van der Waals surface area contributed by atoms with Crippen LogP contribution in [0.25, 0.3) is 22.2 Å². The zero-order valence-corrected chi connectivity index (χ0v) is 12.9. The van der Waals surface area contributed by atoms with Gasteiger partial charge in [0.05, 0.1) is 24.7 Å². The highest BCUT2D eigenvalue weighted by molar-refractivity contribution is 7.13. The van der Waals surface area contributed by atoms with E-state index >= 15 is 0 Å². The van der Waals surface area contributed by atoms with Crippen LogP contribution in [0.5, 0.6) is 0 Å². The topological polar surface area (TPSA) is 91.9 Å². The van der Waals surface area contributed by atoms with Gasteiger partial charge in [0, 0.05) is 24.2 Å². The van der Waals surface area contributed by atoms with Crippen LogP contribution in [0.1, 0.15) is 5.69 Å². The van der Waals surface area contributed by atoms with Crippen molar-refractivity contribution in [1.82, 2.24) is 24.5 Å². The summed E-state index contributed by atoms with van der Waals surface area (Å²) in [5, 5.41) is 11.0. The van der Waals surface area contributed by atoms with Crippen LogP contribution in [0.2, 0.25) is 0 Å². The first kappa shape index (κ1) is 13.7. The average Bonchev–Trinajstić information content (AvgIpc) is 3.28. The third kappa shape index (κ3) is 2.61. The van der Waals surface area contributed by atoms with Crippen LogP contribution in [0.3, 0.4) is 0 Å². The van der Waals surface area contributed by atoms with E-state index in [4.69, 9.17) is 8.83 Å². The molecule has 8 nitrogen and oxygen atoms in total. The van der Waals surface area contributed by atoms with Crippen LogP contribution in [0.15, 0.2) is 49.8 Å². The summed E-state index contributed by atoms with van der Waals surface area (Å²) in [6, 6.07) is 3.38. The van der Waals surface area contributed by atoms with Gasteiger partial charge in [-0.25, -0.2) is 9.78 Å². The minimum absolute atomic E-state index is 0.155. The number of aryl methyl sites for hydroxylation is 1. The molecule has 0 aliphatic rings. The molecule has 4 aromatic rings. The Morgan fingerprint density at radius 2 is 2.30 bits per heavy atom. The van der Waals surface area contributed by atoms with E-state index in [-0.39, 0.29) is 12.4 Å². The van der Waals surface area contributed by atoms with Gasteiger partial charge in [0.15, 0.2) is 5.76 Å². The number of thiazole rings is 1. The number of hydrogen-bond donors (Lipinski definition) is 0. The Bertz CT molecular complexity index is 992. The molecule has 0 N–H and O–H groups in total. The summed E-state index contributed by atoms with van der Waals surface area (Å²) in [5.74, 6) is 0.0187. The van der Waals surface area contributed by atoms with Gasteiger partial charge in [-0.05, 0) is 12.1 Å². The van der Waals surface area contributed by atoms with Gasteiger partial charge in [-0.1, -0.05) is 0 Å². The first-order chi connectivity index (χ1) is 11.2. The lowest BCUT2D eigenvalue weighted by Gasteiger charge is -1.93. The molecule has 4 aromatic heterocycles. The number of hydrogen-bond acceptors (Lipinski definition) is 7. The second-order valence-corrected chi connectivity index (χ2v) is 5.71. The standard InChI is InChI=1S/C14H11N5O3S/c1-18-6-9(5-15-18)13-16-10(8-23-13)7-19-14(20)22-12(17-19)11-3-2-4-21-11/h2-6,8H,7H2,1H3. The maximum atomic E-state index is 11.9. The minimum atomic E-state index is -0.549. The molecule has 9 heteroatoms. The van der Waals surface area contributed by atoms with Crippen molar-refractivity contribution in [3.63, 3.8) is 0 Å². The Labute approximate surface area is 133 Å². The average molecular weight is 329 g/mol. The fourth-order valence-corrected chi connectivity index (χ4v) is 2.89. The van der Waals surface area contributed by atoms with Crippen molar-refractivity contribution in [1.29, 1.82) is 0 Å². The van der Waals surface area contributed by atoms with Crippen LogP contribution < -0.4 is 5.76 Å². The van der Waals surface area contributed by atoms with E-state index in [1.54, 1.807) is 23.0 Å². The molecule has 0 aromatic carbocycles. The van der Waals surface area contributed by atoms with Crippen molar-refractivity contribution < 1.29 is 8.83 Å². The highest BCUT2D eigenvalue weighted by atomic mass is 32.1. The lowest BCUT2D eigenvalue weighted by atomic mass is 10.4. The summed E-state index contributed by atoms with van der Waals surface area (Å²) in [6.07, 6.45) is 5.13. The van der Waals surface area contributed by atoms with E-state index in [2.05, 4.69) is 15.2 Å². The molecule has 23 heavy (non-hydrogen) atoms. The zero-order valence-electron chi connectivity index (χ0n) is 12.0. The molecule has 4 rings (SSSR count). The van der Waals surface area contributed by atoms with Gasteiger partial charge < -0.3 is 8.83 Å². The van der Waals surface area contributed by atoms with Gasteiger partial charge in [-0.15, -0.1) is 16.4 Å². The first-order valence-electron chi connectivity index (χ1n) is 6.74. The van der Waals surface area contributed by atoms with Crippen molar-refractivity contribution in [2.45, 2.75) is 6.54 Å². The molecule has 0 bridgehead atoms. The van der Waals surface area contributed by atoms with Crippen molar-refractivity contribution in [3.8, 4) is 22.2 Å². The van der Waals surface area contributed by atoms with Crippen molar-refractivity contribution in [2.24, 2.45) is 7.05 Å². The Hall–Kier alpha value is -2.94. The maximum absolute atomic E-state index is 11.9. The molecule has 0 amide bonds. The molecule has 0 unspecified atom stereocenters. The third-order valence-electron chi connectivity index (χ3n) is 3.15. The summed E-state index contributed by atoms with van der Waals surface area (Å²) >= 11 is 1.49. The van der Waals surface area contributed by atoms with Gasteiger partial charge in [-0.3, -0.25) is 4.68 Å². The van der Waals surface area contributed by atoms with E-state index in [9.17, 15) is 4.79 Å². The predicted octanol–water partition coefficient (Wildman–Crippen LogP) is 2.00. The largest absolute Gasteiger partial charge is 0.459 e. The number of nitrogens with zero attached hydrogens (tertiary/aromatic N) is 5. The monoisotopic (exact) mass is 329 g/mol. The summed E-state index contributed by atoms with van der Waals surface area (Å²) in [7, 11) is 1.85. The molecule has 0 spiro atoms. The predicted molar refractivity (Wildman–Crippen MR) is 81.9 cm³/mol. The molecular formula is C14H11N5O3S. The second kappa shape index (κ2) is 5.36. The highest BCUT2D eigenvalue weighted by Crippen LogP contribution is 2.23. The van der Waals surface area contributed by atoms with E-state index in [0.29, 0.717) is 5.76 Å². The molecule has 0 aliphatic heterocycles. The first-order valence-corrected chi connectivity index (χ1v) is 7.62. The Morgan fingerprint density at radius 3 is 3.04 bits per heavy atom. The summed E-state index contributed by atoms with van der Waals surface area (Å²) < 4.78 is 13.2. The summed E-state index contributed by atoms with van der Waals surface area (Å²) in [4.78, 5) is 16.4. The van der Waals surface area contributed by atoms with E-state index < -0.39 is 5.76 Å². The number of rotatable bonds is 4. The minimum Gasteiger partial charge on any atom is -0.459 e. The van der Waals surface area contributed by atoms with Crippen LogP contribution in [-0.4, -0.2) is 24.5 Å². The summed E-state index contributed by atoms with van der Waals surface area (Å²) in [6.45, 7) is 0.236. The number of aromatic nitrogens is 5. The van der Waals surface area contributed by atoms with Crippen molar-refractivity contribution in [2.75, 3.05) is 0 Å². The molecule has 0 aliphatic carbocycles. The highest BCUT2D eigenvalue weighted by Gasteiger charge is 2.14. The van der Waals surface area contributed by atoms with Crippen LogP contribution in [0, 0.1) is 0 Å². The lowest BCUT2D eigenvalue weighted by molar-refractivity contribution is 0.476. The Balaban J connectivity index is 1.59. The van der Waals surface area contributed by atoms with Gasteiger partial charge in [0.2, 0.25) is 0 Å². The van der Waals surface area contributed by atoms with E-state index in [0.717, 1.165) is 16.3 Å². The molecule has 0 atom stereocenters. The fourth-order valence-electron chi connectivity index (χ4n) is 2.10. The molecule has 0 fully saturated rings. The van der Waals surface area contributed by atoms with Gasteiger partial charge in [0.1, 0.15) is 5.01 Å². The van der Waals surface area contributed by atoms with Crippen LogP contribution >= 0.6 is 11.3 Å². The van der Waals surface area contributed by atoms with Crippen LogP contribution in [0.4, 0.5) is 0 Å². The summed E-state index contributed by atoms with van der Waals surface area (Å²) in [5.41, 5.74) is 1.67. The molecule has 4 heterocycles. The Morgan fingerprint density at radius 1 is 1.39 bits per heavy atom. The smallest absolute Gasteiger partial charge is 0.437 e. The molecular weight excluding hydrogens is 318 g/mol. The lowest BCUT2D eigenvalue weighted by Crippen LogP contribution is -2.16. The molecule has 0 saturated carbocycles. The second-order valence-electron chi connectivity index (χ2n) is 4.85. The molecule has 116 valence electrons. The third-order valence-corrected chi connectivity index (χ3v) is 4.09. The quantitative estimate of drug-likeness (QED) is 0.568. The number of furan rings is 1. The van der Waals surface area contributed by atoms with Gasteiger partial charge >= 0.3 is 5.76 Å². The van der Waals surface area contributed by atoms with E-state index in [1.165, 1.54) is 22.3 Å².